The number of benzene rings is 1. The Kier molecular flexibility index (Phi) is 5.03. The number of carboxylic acid groups (broad SMARTS) is 1. The Morgan fingerprint density at radius 3 is 2.32 bits per heavy atom. The minimum absolute atomic E-state index is 0.0476. The molecule has 0 fully saturated rings. The van der Waals surface area contributed by atoms with E-state index in [9.17, 15) is 19.1 Å². The number of carboxylic acids is 1. The van der Waals surface area contributed by atoms with Gasteiger partial charge in [-0.25, -0.2) is 0 Å². The standard InChI is InChI=1S/C14H17FO4/c1-3-19-13(18)14(8-9-15,12(16)17)11-6-4-10(2)5-7-11/h4-7H,3,8-9H2,1-2H3,(H,16,17). The van der Waals surface area contributed by atoms with Crippen LogP contribution in [0.15, 0.2) is 24.3 Å². The highest BCUT2D eigenvalue weighted by molar-refractivity contribution is 6.05. The van der Waals surface area contributed by atoms with E-state index >= 15 is 0 Å². The second-order valence-electron chi connectivity index (χ2n) is 4.24. The maximum absolute atomic E-state index is 12.7. The average molecular weight is 268 g/mol. The molecule has 0 amide bonds. The predicted molar refractivity (Wildman–Crippen MR) is 67.7 cm³/mol. The van der Waals surface area contributed by atoms with Crippen molar-refractivity contribution >= 4 is 11.9 Å². The molecule has 0 aromatic heterocycles. The van der Waals surface area contributed by atoms with E-state index in [1.54, 1.807) is 19.1 Å². The first-order chi connectivity index (χ1) is 8.98. The Labute approximate surface area is 111 Å². The van der Waals surface area contributed by atoms with Gasteiger partial charge in [-0.15, -0.1) is 0 Å². The zero-order valence-electron chi connectivity index (χ0n) is 11.0. The van der Waals surface area contributed by atoms with Crippen LogP contribution in [0, 0.1) is 6.92 Å². The Hall–Kier alpha value is -1.91. The lowest BCUT2D eigenvalue weighted by Crippen LogP contribution is -2.45. The molecule has 1 aromatic rings. The highest BCUT2D eigenvalue weighted by atomic mass is 19.1. The van der Waals surface area contributed by atoms with Gasteiger partial charge in [0, 0.05) is 6.42 Å². The van der Waals surface area contributed by atoms with Crippen molar-refractivity contribution in [3.05, 3.63) is 35.4 Å². The zero-order chi connectivity index (χ0) is 14.5. The molecule has 1 unspecified atom stereocenters. The first-order valence-corrected chi connectivity index (χ1v) is 6.02. The van der Waals surface area contributed by atoms with Crippen molar-refractivity contribution in [2.45, 2.75) is 25.7 Å². The topological polar surface area (TPSA) is 63.6 Å². The summed E-state index contributed by atoms with van der Waals surface area (Å²) in [5, 5.41) is 9.41. The molecule has 0 radical (unpaired) electrons. The lowest BCUT2D eigenvalue weighted by Gasteiger charge is -2.26. The van der Waals surface area contributed by atoms with Gasteiger partial charge in [0.05, 0.1) is 13.3 Å². The van der Waals surface area contributed by atoms with Gasteiger partial charge >= 0.3 is 11.9 Å². The lowest BCUT2D eigenvalue weighted by molar-refractivity contribution is -0.162. The van der Waals surface area contributed by atoms with Crippen LogP contribution in [-0.2, 0) is 19.7 Å². The van der Waals surface area contributed by atoms with E-state index in [1.165, 1.54) is 12.1 Å². The highest BCUT2D eigenvalue weighted by Gasteiger charge is 2.49. The molecule has 5 heteroatoms. The largest absolute Gasteiger partial charge is 0.480 e. The minimum atomic E-state index is -1.97. The van der Waals surface area contributed by atoms with Crippen LogP contribution in [-0.4, -0.2) is 30.3 Å². The number of alkyl halides is 1. The number of hydrogen-bond donors (Lipinski definition) is 1. The number of ether oxygens (including phenoxy) is 1. The molecule has 0 saturated carbocycles. The molecular weight excluding hydrogens is 251 g/mol. The number of aliphatic carboxylic acids is 1. The molecule has 0 saturated heterocycles. The first kappa shape index (κ1) is 15.1. The third kappa shape index (κ3) is 2.92. The maximum Gasteiger partial charge on any atom is 0.328 e. The number of esters is 1. The summed E-state index contributed by atoms with van der Waals surface area (Å²) in [4.78, 5) is 23.6. The molecule has 1 atom stereocenters. The molecule has 0 heterocycles. The summed E-state index contributed by atoms with van der Waals surface area (Å²) < 4.78 is 17.6. The fourth-order valence-electron chi connectivity index (χ4n) is 1.92. The SMILES string of the molecule is CCOC(=O)C(CCF)(C(=O)O)c1ccc(C)cc1. The third-order valence-corrected chi connectivity index (χ3v) is 3.00. The van der Waals surface area contributed by atoms with Crippen molar-refractivity contribution in [1.82, 2.24) is 0 Å². The molecule has 0 bridgehead atoms. The number of hydrogen-bond acceptors (Lipinski definition) is 3. The van der Waals surface area contributed by atoms with Crippen LogP contribution in [0.25, 0.3) is 0 Å². The van der Waals surface area contributed by atoms with Crippen molar-refractivity contribution in [2.24, 2.45) is 0 Å². The quantitative estimate of drug-likeness (QED) is 0.635. The van der Waals surface area contributed by atoms with Crippen molar-refractivity contribution < 1.29 is 23.8 Å². The van der Waals surface area contributed by atoms with Crippen molar-refractivity contribution in [3.8, 4) is 0 Å². The monoisotopic (exact) mass is 268 g/mol. The summed E-state index contributed by atoms with van der Waals surface area (Å²) in [6, 6.07) is 6.42. The second-order valence-corrected chi connectivity index (χ2v) is 4.24. The molecule has 1 N–H and O–H groups in total. The molecule has 0 aliphatic heterocycles. The van der Waals surface area contributed by atoms with E-state index < -0.39 is 30.4 Å². The molecule has 104 valence electrons. The normalized spacial score (nSPS) is 13.6. The number of aryl methyl sites for hydroxylation is 1. The van der Waals surface area contributed by atoms with Crippen LogP contribution in [0.2, 0.25) is 0 Å². The van der Waals surface area contributed by atoms with Crippen LogP contribution >= 0.6 is 0 Å². The number of carbonyl (C=O) groups excluding carboxylic acids is 1. The van der Waals surface area contributed by atoms with Gasteiger partial charge in [0.15, 0.2) is 5.41 Å². The lowest BCUT2D eigenvalue weighted by atomic mass is 9.77. The summed E-state index contributed by atoms with van der Waals surface area (Å²) in [7, 11) is 0. The average Bonchev–Trinajstić information content (AvgIpc) is 2.37. The van der Waals surface area contributed by atoms with Crippen LogP contribution in [0.3, 0.4) is 0 Å². The van der Waals surface area contributed by atoms with E-state index in [1.807, 2.05) is 6.92 Å². The van der Waals surface area contributed by atoms with E-state index in [2.05, 4.69) is 0 Å². The van der Waals surface area contributed by atoms with E-state index in [-0.39, 0.29) is 12.2 Å². The second kappa shape index (κ2) is 6.31. The van der Waals surface area contributed by atoms with Gasteiger partial charge in [0.1, 0.15) is 0 Å². The summed E-state index contributed by atoms with van der Waals surface area (Å²) in [5.74, 6) is -2.32. The van der Waals surface area contributed by atoms with Gasteiger partial charge in [-0.2, -0.15) is 0 Å². The van der Waals surface area contributed by atoms with Crippen LogP contribution in [0.1, 0.15) is 24.5 Å². The Balaban J connectivity index is 3.34. The van der Waals surface area contributed by atoms with Gasteiger partial charge in [0.2, 0.25) is 0 Å². The van der Waals surface area contributed by atoms with Crippen molar-refractivity contribution in [1.29, 1.82) is 0 Å². The highest BCUT2D eigenvalue weighted by Crippen LogP contribution is 2.31. The fourth-order valence-corrected chi connectivity index (χ4v) is 1.92. The van der Waals surface area contributed by atoms with Crippen molar-refractivity contribution in [2.75, 3.05) is 13.3 Å². The number of halogens is 1. The summed E-state index contributed by atoms with van der Waals surface area (Å²) in [6.07, 6.45) is -0.440. The Bertz CT molecular complexity index is 455. The van der Waals surface area contributed by atoms with Crippen LogP contribution in [0.4, 0.5) is 4.39 Å². The molecule has 19 heavy (non-hydrogen) atoms. The zero-order valence-corrected chi connectivity index (χ0v) is 11.0. The van der Waals surface area contributed by atoms with Gasteiger partial charge < -0.3 is 9.84 Å². The van der Waals surface area contributed by atoms with Crippen LogP contribution < -0.4 is 0 Å². The van der Waals surface area contributed by atoms with Crippen LogP contribution in [0.5, 0.6) is 0 Å². The molecule has 1 aromatic carbocycles. The molecule has 1 rings (SSSR count). The van der Waals surface area contributed by atoms with Gasteiger partial charge in [-0.3, -0.25) is 14.0 Å². The molecule has 0 aliphatic carbocycles. The first-order valence-electron chi connectivity index (χ1n) is 6.02. The Morgan fingerprint density at radius 2 is 1.89 bits per heavy atom. The predicted octanol–water partition coefficient (Wildman–Crippen LogP) is 2.24. The number of rotatable bonds is 6. The molecule has 0 spiro atoms. The van der Waals surface area contributed by atoms with Gasteiger partial charge in [-0.05, 0) is 19.4 Å². The smallest absolute Gasteiger partial charge is 0.328 e. The summed E-state index contributed by atoms with van der Waals surface area (Å²) in [5.41, 5.74) is -0.813. The van der Waals surface area contributed by atoms with E-state index in [4.69, 9.17) is 4.74 Å². The molecule has 0 aliphatic rings. The molecular formula is C14H17FO4. The number of carbonyl (C=O) groups is 2. The van der Waals surface area contributed by atoms with E-state index in [0.29, 0.717) is 0 Å². The Morgan fingerprint density at radius 1 is 1.32 bits per heavy atom. The fraction of sp³-hybridized carbons (Fsp3) is 0.429. The summed E-state index contributed by atoms with van der Waals surface area (Å²) in [6.45, 7) is 2.55. The minimum Gasteiger partial charge on any atom is -0.480 e. The van der Waals surface area contributed by atoms with Crippen molar-refractivity contribution in [3.63, 3.8) is 0 Å². The van der Waals surface area contributed by atoms with E-state index in [0.717, 1.165) is 5.56 Å². The van der Waals surface area contributed by atoms with Gasteiger partial charge in [0.25, 0.3) is 0 Å². The molecule has 4 nitrogen and oxygen atoms in total. The maximum atomic E-state index is 12.7. The third-order valence-electron chi connectivity index (χ3n) is 3.00. The summed E-state index contributed by atoms with van der Waals surface area (Å²) >= 11 is 0. The van der Waals surface area contributed by atoms with Gasteiger partial charge in [-0.1, -0.05) is 29.8 Å².